The number of likely N-dealkylation sites (tertiary alicyclic amines) is 1. The zero-order valence-corrected chi connectivity index (χ0v) is 9.81. The molecule has 0 saturated carbocycles. The summed E-state index contributed by atoms with van der Waals surface area (Å²) < 4.78 is 0. The van der Waals surface area contributed by atoms with E-state index in [1.54, 1.807) is 0 Å². The molecule has 0 aromatic heterocycles. The maximum absolute atomic E-state index is 2.54. The number of hydrogen-bond donors (Lipinski definition) is 0. The van der Waals surface area contributed by atoms with Crippen molar-refractivity contribution in [3.05, 3.63) is 0 Å². The quantitative estimate of drug-likeness (QED) is 0.645. The smallest absolute Gasteiger partial charge is 0.00183 e. The summed E-state index contributed by atoms with van der Waals surface area (Å²) in [5.74, 6) is 0. The molecule has 1 aliphatic rings. The fourth-order valence-corrected chi connectivity index (χ4v) is 1.68. The number of unbranched alkanes of at least 4 members (excludes halogenated alkanes) is 2. The van der Waals surface area contributed by atoms with Gasteiger partial charge in [-0.2, -0.15) is 0 Å². The summed E-state index contributed by atoms with van der Waals surface area (Å²) in [5.41, 5.74) is 0. The molecule has 0 aromatic rings. The molecule has 0 bridgehead atoms. The van der Waals surface area contributed by atoms with Gasteiger partial charge in [0, 0.05) is 0 Å². The normalized spacial score (nSPS) is 16.8. The van der Waals surface area contributed by atoms with E-state index in [9.17, 15) is 0 Å². The first-order chi connectivity index (χ1) is 6.35. The van der Waals surface area contributed by atoms with Crippen molar-refractivity contribution < 1.29 is 0 Å². The molecule has 1 heterocycles. The Morgan fingerprint density at radius 1 is 0.846 bits per heavy atom. The predicted octanol–water partition coefficient (Wildman–Crippen LogP) is 3.69. The van der Waals surface area contributed by atoms with Crippen molar-refractivity contribution in [1.82, 2.24) is 4.90 Å². The van der Waals surface area contributed by atoms with E-state index in [-0.39, 0.29) is 0 Å². The Morgan fingerprint density at radius 3 is 1.69 bits per heavy atom. The van der Waals surface area contributed by atoms with E-state index in [1.807, 2.05) is 0 Å². The van der Waals surface area contributed by atoms with E-state index >= 15 is 0 Å². The molecule has 1 saturated heterocycles. The largest absolute Gasteiger partial charge is 0.303 e. The fraction of sp³-hybridized carbons (Fsp3) is 1.00. The first-order valence-corrected chi connectivity index (χ1v) is 6.07. The van der Waals surface area contributed by atoms with Crippen molar-refractivity contribution in [3.8, 4) is 0 Å². The Kier molecular flexibility index (Phi) is 10.0. The highest BCUT2D eigenvalue weighted by molar-refractivity contribution is 4.64. The standard InChI is InChI=1S/C7H15N.C5H12/c1-2-5-8-6-3-4-7-8;1-3-5-4-2/h2-7H2,1H3;3-5H2,1-2H3. The average Bonchev–Trinajstić information content (AvgIpc) is 2.60. The van der Waals surface area contributed by atoms with Crippen LogP contribution in [0, 0.1) is 0 Å². The van der Waals surface area contributed by atoms with Crippen molar-refractivity contribution in [2.75, 3.05) is 19.6 Å². The zero-order chi connectivity index (χ0) is 9.94. The van der Waals surface area contributed by atoms with Gasteiger partial charge < -0.3 is 4.90 Å². The van der Waals surface area contributed by atoms with Crippen molar-refractivity contribution in [1.29, 1.82) is 0 Å². The van der Waals surface area contributed by atoms with Crippen LogP contribution in [-0.2, 0) is 0 Å². The van der Waals surface area contributed by atoms with Gasteiger partial charge in [0.05, 0.1) is 0 Å². The maximum Gasteiger partial charge on any atom is -0.00183 e. The van der Waals surface area contributed by atoms with E-state index in [1.165, 1.54) is 58.2 Å². The molecule has 0 unspecified atom stereocenters. The van der Waals surface area contributed by atoms with Crippen LogP contribution in [0.3, 0.4) is 0 Å². The van der Waals surface area contributed by atoms with Crippen LogP contribution < -0.4 is 0 Å². The van der Waals surface area contributed by atoms with Gasteiger partial charge in [-0.1, -0.05) is 40.0 Å². The molecule has 13 heavy (non-hydrogen) atoms. The van der Waals surface area contributed by atoms with Gasteiger partial charge >= 0.3 is 0 Å². The average molecular weight is 185 g/mol. The molecule has 0 atom stereocenters. The molecule has 1 fully saturated rings. The molecular formula is C12H27N. The molecule has 0 radical (unpaired) electrons. The summed E-state index contributed by atoms with van der Waals surface area (Å²) in [6.45, 7) is 10.7. The van der Waals surface area contributed by atoms with Crippen LogP contribution in [0.4, 0.5) is 0 Å². The minimum absolute atomic E-state index is 1.32. The van der Waals surface area contributed by atoms with Crippen LogP contribution in [0.2, 0.25) is 0 Å². The Hall–Kier alpha value is -0.0400. The van der Waals surface area contributed by atoms with E-state index < -0.39 is 0 Å². The Labute approximate surface area is 84.5 Å². The van der Waals surface area contributed by atoms with Crippen molar-refractivity contribution in [3.63, 3.8) is 0 Å². The third-order valence-corrected chi connectivity index (χ3v) is 2.45. The van der Waals surface area contributed by atoms with Crippen LogP contribution in [0.1, 0.15) is 59.3 Å². The monoisotopic (exact) mass is 185 g/mol. The lowest BCUT2D eigenvalue weighted by atomic mass is 10.3. The molecule has 1 aliphatic heterocycles. The molecule has 0 aromatic carbocycles. The third-order valence-electron chi connectivity index (χ3n) is 2.45. The summed E-state index contributed by atoms with van der Waals surface area (Å²) in [5, 5.41) is 0. The summed E-state index contributed by atoms with van der Waals surface area (Å²) in [4.78, 5) is 2.54. The topological polar surface area (TPSA) is 3.24 Å². The molecule has 0 N–H and O–H groups in total. The molecule has 0 spiro atoms. The highest BCUT2D eigenvalue weighted by Crippen LogP contribution is 2.06. The number of nitrogens with zero attached hydrogens (tertiary/aromatic N) is 1. The van der Waals surface area contributed by atoms with Crippen molar-refractivity contribution in [2.45, 2.75) is 59.3 Å². The first-order valence-electron chi connectivity index (χ1n) is 6.07. The van der Waals surface area contributed by atoms with E-state index in [2.05, 4.69) is 25.7 Å². The number of rotatable bonds is 4. The van der Waals surface area contributed by atoms with Gasteiger partial charge in [0.25, 0.3) is 0 Å². The second-order valence-corrected chi connectivity index (χ2v) is 3.90. The third kappa shape index (κ3) is 8.29. The van der Waals surface area contributed by atoms with E-state index in [4.69, 9.17) is 0 Å². The van der Waals surface area contributed by atoms with Crippen LogP contribution in [0.15, 0.2) is 0 Å². The highest BCUT2D eigenvalue weighted by atomic mass is 15.1. The van der Waals surface area contributed by atoms with E-state index in [0.29, 0.717) is 0 Å². The molecule has 1 heteroatoms. The minimum Gasteiger partial charge on any atom is -0.303 e. The Morgan fingerprint density at radius 2 is 1.38 bits per heavy atom. The lowest BCUT2D eigenvalue weighted by Gasteiger charge is -2.11. The maximum atomic E-state index is 2.54. The lowest BCUT2D eigenvalue weighted by molar-refractivity contribution is 0.339. The molecule has 0 amide bonds. The summed E-state index contributed by atoms with van der Waals surface area (Å²) in [6.07, 6.45) is 8.26. The van der Waals surface area contributed by atoms with Gasteiger partial charge in [0.2, 0.25) is 0 Å². The SMILES string of the molecule is CCCCC.CCCN1CCCC1. The van der Waals surface area contributed by atoms with Gasteiger partial charge in [-0.25, -0.2) is 0 Å². The second-order valence-electron chi connectivity index (χ2n) is 3.90. The van der Waals surface area contributed by atoms with Crippen LogP contribution in [-0.4, -0.2) is 24.5 Å². The minimum atomic E-state index is 1.32. The van der Waals surface area contributed by atoms with Gasteiger partial charge in [0.15, 0.2) is 0 Å². The predicted molar refractivity (Wildman–Crippen MR) is 61.2 cm³/mol. The molecule has 1 nitrogen and oxygen atoms in total. The summed E-state index contributed by atoms with van der Waals surface area (Å²) in [6, 6.07) is 0. The second kappa shape index (κ2) is 10.0. The van der Waals surface area contributed by atoms with Crippen molar-refractivity contribution in [2.24, 2.45) is 0 Å². The van der Waals surface area contributed by atoms with Gasteiger partial charge in [-0.05, 0) is 38.9 Å². The molecule has 0 aliphatic carbocycles. The molecule has 1 rings (SSSR count). The summed E-state index contributed by atoms with van der Waals surface area (Å²) in [7, 11) is 0. The molecule has 80 valence electrons. The van der Waals surface area contributed by atoms with Crippen LogP contribution in [0.25, 0.3) is 0 Å². The first kappa shape index (κ1) is 13.0. The lowest BCUT2D eigenvalue weighted by Crippen LogP contribution is -2.19. The Balaban J connectivity index is 0.000000252. The fourth-order valence-electron chi connectivity index (χ4n) is 1.68. The van der Waals surface area contributed by atoms with Crippen molar-refractivity contribution >= 4 is 0 Å². The van der Waals surface area contributed by atoms with E-state index in [0.717, 1.165) is 0 Å². The molecular weight excluding hydrogens is 158 g/mol. The van der Waals surface area contributed by atoms with Gasteiger partial charge in [0.1, 0.15) is 0 Å². The van der Waals surface area contributed by atoms with Gasteiger partial charge in [-0.15, -0.1) is 0 Å². The summed E-state index contributed by atoms with van der Waals surface area (Å²) >= 11 is 0. The number of hydrogen-bond acceptors (Lipinski definition) is 1. The van der Waals surface area contributed by atoms with Crippen LogP contribution in [0.5, 0.6) is 0 Å². The van der Waals surface area contributed by atoms with Crippen LogP contribution >= 0.6 is 0 Å². The highest BCUT2D eigenvalue weighted by Gasteiger charge is 2.08. The zero-order valence-electron chi connectivity index (χ0n) is 9.81. The Bertz CT molecular complexity index is 83.1. The van der Waals surface area contributed by atoms with Gasteiger partial charge in [-0.3, -0.25) is 0 Å².